The molecule has 180 valence electrons. The maximum Gasteiger partial charge on any atom is 0.242 e. The SMILES string of the molecule is COc1ccc(CCNC(=O)C(C)N(Cc2ccc(Cl)cc2)C(=O)CN(C)S(C)(=O)=O)cc1. The number of hydrogen-bond acceptors (Lipinski definition) is 5. The number of amides is 2. The molecule has 0 saturated carbocycles. The van der Waals surface area contributed by atoms with Crippen LogP contribution in [-0.2, 0) is 32.6 Å². The van der Waals surface area contributed by atoms with Gasteiger partial charge in [0.05, 0.1) is 19.9 Å². The normalized spacial score (nSPS) is 12.3. The summed E-state index contributed by atoms with van der Waals surface area (Å²) in [6.07, 6.45) is 1.64. The third-order valence-electron chi connectivity index (χ3n) is 5.23. The molecule has 0 bridgehead atoms. The van der Waals surface area contributed by atoms with Crippen LogP contribution >= 0.6 is 11.6 Å². The van der Waals surface area contributed by atoms with Gasteiger partial charge in [-0.2, -0.15) is 4.31 Å². The lowest BCUT2D eigenvalue weighted by Crippen LogP contribution is -2.50. The smallest absolute Gasteiger partial charge is 0.242 e. The molecule has 0 fully saturated rings. The van der Waals surface area contributed by atoms with E-state index in [4.69, 9.17) is 16.3 Å². The number of carbonyl (C=O) groups excluding carboxylic acids is 2. The van der Waals surface area contributed by atoms with Gasteiger partial charge in [0.25, 0.3) is 0 Å². The lowest BCUT2D eigenvalue weighted by Gasteiger charge is -2.30. The van der Waals surface area contributed by atoms with Crippen molar-refractivity contribution in [3.63, 3.8) is 0 Å². The lowest BCUT2D eigenvalue weighted by molar-refractivity contribution is -0.140. The first-order chi connectivity index (χ1) is 15.5. The van der Waals surface area contributed by atoms with Gasteiger partial charge in [0.1, 0.15) is 11.8 Å². The van der Waals surface area contributed by atoms with E-state index in [1.807, 2.05) is 24.3 Å². The highest BCUT2D eigenvalue weighted by atomic mass is 35.5. The molecule has 33 heavy (non-hydrogen) atoms. The van der Waals surface area contributed by atoms with Crippen molar-refractivity contribution in [3.05, 3.63) is 64.7 Å². The van der Waals surface area contributed by atoms with Crippen LogP contribution in [0.4, 0.5) is 0 Å². The Kier molecular flexibility index (Phi) is 9.70. The summed E-state index contributed by atoms with van der Waals surface area (Å²) in [4.78, 5) is 27.2. The predicted molar refractivity (Wildman–Crippen MR) is 129 cm³/mol. The molecule has 0 aliphatic heterocycles. The van der Waals surface area contributed by atoms with Gasteiger partial charge in [0, 0.05) is 25.2 Å². The van der Waals surface area contributed by atoms with Crippen molar-refractivity contribution < 1.29 is 22.7 Å². The van der Waals surface area contributed by atoms with Crippen molar-refractivity contribution in [2.24, 2.45) is 0 Å². The van der Waals surface area contributed by atoms with Crippen molar-refractivity contribution in [1.29, 1.82) is 0 Å². The van der Waals surface area contributed by atoms with Crippen molar-refractivity contribution in [2.75, 3.05) is 33.5 Å². The molecule has 0 aliphatic carbocycles. The van der Waals surface area contributed by atoms with Crippen LogP contribution in [-0.4, -0.2) is 69.0 Å². The van der Waals surface area contributed by atoms with Gasteiger partial charge in [0.15, 0.2) is 0 Å². The van der Waals surface area contributed by atoms with Gasteiger partial charge in [0.2, 0.25) is 21.8 Å². The molecule has 0 heterocycles. The minimum Gasteiger partial charge on any atom is -0.497 e. The zero-order valence-electron chi connectivity index (χ0n) is 19.2. The summed E-state index contributed by atoms with van der Waals surface area (Å²) in [5, 5.41) is 3.41. The van der Waals surface area contributed by atoms with Crippen LogP contribution in [0, 0.1) is 0 Å². The number of benzene rings is 2. The Morgan fingerprint density at radius 3 is 2.18 bits per heavy atom. The van der Waals surface area contributed by atoms with Gasteiger partial charge in [-0.1, -0.05) is 35.9 Å². The van der Waals surface area contributed by atoms with Crippen molar-refractivity contribution in [2.45, 2.75) is 25.9 Å². The van der Waals surface area contributed by atoms with E-state index in [0.29, 0.717) is 18.0 Å². The van der Waals surface area contributed by atoms with Crippen molar-refractivity contribution >= 4 is 33.4 Å². The van der Waals surface area contributed by atoms with Crippen LogP contribution < -0.4 is 10.1 Å². The minimum absolute atomic E-state index is 0.140. The van der Waals surface area contributed by atoms with Crippen LogP contribution in [0.1, 0.15) is 18.1 Å². The van der Waals surface area contributed by atoms with Crippen LogP contribution in [0.25, 0.3) is 0 Å². The fourth-order valence-corrected chi connectivity index (χ4v) is 3.51. The van der Waals surface area contributed by atoms with Crippen LogP contribution in [0.5, 0.6) is 5.75 Å². The number of ether oxygens (including phenoxy) is 1. The van der Waals surface area contributed by atoms with E-state index in [-0.39, 0.29) is 19.0 Å². The summed E-state index contributed by atoms with van der Waals surface area (Å²) in [6, 6.07) is 13.7. The van der Waals surface area contributed by atoms with Crippen LogP contribution in [0.3, 0.4) is 0 Å². The van der Waals surface area contributed by atoms with Crippen molar-refractivity contribution in [1.82, 2.24) is 14.5 Å². The summed E-state index contributed by atoms with van der Waals surface area (Å²) >= 11 is 5.94. The first-order valence-electron chi connectivity index (χ1n) is 10.4. The number of carbonyl (C=O) groups is 2. The average Bonchev–Trinajstić information content (AvgIpc) is 2.77. The molecule has 2 rings (SSSR count). The van der Waals surface area contributed by atoms with E-state index in [9.17, 15) is 18.0 Å². The largest absolute Gasteiger partial charge is 0.497 e. The number of nitrogens with one attached hydrogen (secondary N) is 1. The topological polar surface area (TPSA) is 96.0 Å². The summed E-state index contributed by atoms with van der Waals surface area (Å²) in [7, 11) is -0.622. The first-order valence-corrected chi connectivity index (χ1v) is 12.6. The molecule has 0 spiro atoms. The van der Waals surface area contributed by atoms with E-state index in [1.54, 1.807) is 38.3 Å². The number of nitrogens with zero attached hydrogens (tertiary/aromatic N) is 2. The third-order valence-corrected chi connectivity index (χ3v) is 6.74. The highest BCUT2D eigenvalue weighted by Gasteiger charge is 2.28. The highest BCUT2D eigenvalue weighted by Crippen LogP contribution is 2.15. The molecular formula is C23H30ClN3O5S. The summed E-state index contributed by atoms with van der Waals surface area (Å²) in [5.41, 5.74) is 1.81. The highest BCUT2D eigenvalue weighted by molar-refractivity contribution is 7.88. The van der Waals surface area contributed by atoms with Gasteiger partial charge < -0.3 is 15.0 Å². The number of sulfonamides is 1. The van der Waals surface area contributed by atoms with E-state index in [0.717, 1.165) is 27.4 Å². The standard InChI is InChI=1S/C23H30ClN3O5S/c1-17(23(29)25-14-13-18-7-11-21(32-3)12-8-18)27(15-19-5-9-20(24)10-6-19)22(28)16-26(2)33(4,30)31/h5-12,17H,13-16H2,1-4H3,(H,25,29). The predicted octanol–water partition coefficient (Wildman–Crippen LogP) is 2.32. The van der Waals surface area contributed by atoms with Gasteiger partial charge in [-0.3, -0.25) is 9.59 Å². The third kappa shape index (κ3) is 8.34. The molecule has 0 saturated heterocycles. The molecule has 10 heteroatoms. The molecule has 0 radical (unpaired) electrons. The molecule has 8 nitrogen and oxygen atoms in total. The van der Waals surface area contributed by atoms with Gasteiger partial charge >= 0.3 is 0 Å². The Morgan fingerprint density at radius 2 is 1.64 bits per heavy atom. The molecule has 0 aliphatic rings. The second-order valence-corrected chi connectivity index (χ2v) is 10.3. The van der Waals surface area contributed by atoms with Gasteiger partial charge in [-0.05, 0) is 48.7 Å². The number of halogens is 1. The second kappa shape index (κ2) is 12.0. The molecule has 2 aromatic rings. The summed E-state index contributed by atoms with van der Waals surface area (Å²) in [6.45, 7) is 1.79. The van der Waals surface area contributed by atoms with Gasteiger partial charge in [-0.25, -0.2) is 8.42 Å². The Bertz CT molecular complexity index is 1040. The molecule has 1 N–H and O–H groups in total. The minimum atomic E-state index is -3.55. The molecule has 2 aromatic carbocycles. The number of hydrogen-bond donors (Lipinski definition) is 1. The Hall–Kier alpha value is -2.62. The van der Waals surface area contributed by atoms with E-state index >= 15 is 0 Å². The van der Waals surface area contributed by atoms with E-state index in [2.05, 4.69) is 5.32 Å². The fraction of sp³-hybridized carbons (Fsp3) is 0.391. The zero-order valence-corrected chi connectivity index (χ0v) is 20.8. The summed E-state index contributed by atoms with van der Waals surface area (Å²) in [5.74, 6) is -0.0460. The molecule has 2 amide bonds. The molecule has 1 atom stereocenters. The van der Waals surface area contributed by atoms with Gasteiger partial charge in [-0.15, -0.1) is 0 Å². The monoisotopic (exact) mass is 495 g/mol. The molecular weight excluding hydrogens is 466 g/mol. The molecule has 1 unspecified atom stereocenters. The number of rotatable bonds is 11. The Balaban J connectivity index is 2.07. The number of methoxy groups -OCH3 is 1. The summed E-state index contributed by atoms with van der Waals surface area (Å²) < 4.78 is 29.6. The van der Waals surface area contributed by atoms with E-state index in [1.165, 1.54) is 11.9 Å². The van der Waals surface area contributed by atoms with Crippen LogP contribution in [0.15, 0.2) is 48.5 Å². The quantitative estimate of drug-likeness (QED) is 0.516. The zero-order chi connectivity index (χ0) is 24.6. The van der Waals surface area contributed by atoms with Crippen molar-refractivity contribution in [3.8, 4) is 5.75 Å². The Labute approximate surface area is 200 Å². The number of likely N-dealkylation sites (N-methyl/N-ethyl adjacent to an activating group) is 1. The maximum absolute atomic E-state index is 13.0. The second-order valence-electron chi connectivity index (χ2n) is 7.73. The molecule has 0 aromatic heterocycles. The maximum atomic E-state index is 13.0. The average molecular weight is 496 g/mol. The fourth-order valence-electron chi connectivity index (χ4n) is 3.04. The Morgan fingerprint density at radius 1 is 1.06 bits per heavy atom. The first kappa shape index (κ1) is 26.6. The van der Waals surface area contributed by atoms with E-state index < -0.39 is 22.0 Å². The lowest BCUT2D eigenvalue weighted by atomic mass is 10.1. The van der Waals surface area contributed by atoms with Crippen LogP contribution in [0.2, 0.25) is 5.02 Å².